The Balaban J connectivity index is 1.72. The van der Waals surface area contributed by atoms with Crippen molar-refractivity contribution in [2.75, 3.05) is 0 Å². The van der Waals surface area contributed by atoms with E-state index in [1.165, 1.54) is 6.07 Å². The minimum absolute atomic E-state index is 0.227. The van der Waals surface area contributed by atoms with Gasteiger partial charge in [0.05, 0.1) is 21.9 Å². The number of benzene rings is 2. The van der Waals surface area contributed by atoms with Crippen molar-refractivity contribution < 1.29 is 18.0 Å². The summed E-state index contributed by atoms with van der Waals surface area (Å²) in [5, 5.41) is 2.86. The van der Waals surface area contributed by atoms with E-state index in [1.54, 1.807) is 6.92 Å². The molecular weight excluding hydrogens is 397 g/mol. The van der Waals surface area contributed by atoms with Gasteiger partial charge in [0.15, 0.2) is 0 Å². The van der Waals surface area contributed by atoms with Crippen LogP contribution in [0.1, 0.15) is 29.7 Å². The summed E-state index contributed by atoms with van der Waals surface area (Å²) in [5.74, 6) is -0.227. The Hall–Kier alpha value is -2.80. The Morgan fingerprint density at radius 3 is 1.93 bits per heavy atom. The van der Waals surface area contributed by atoms with E-state index in [2.05, 4.69) is 10.3 Å². The maximum Gasteiger partial charge on any atom is 0.417 e. The zero-order valence-electron chi connectivity index (χ0n) is 15.6. The van der Waals surface area contributed by atoms with E-state index < -0.39 is 17.0 Å². The lowest BCUT2D eigenvalue weighted by Crippen LogP contribution is -2.34. The Morgan fingerprint density at radius 1 is 0.931 bits per heavy atom. The third kappa shape index (κ3) is 5.60. The highest BCUT2D eigenvalue weighted by Gasteiger charge is 2.31. The number of nitrogens with zero attached hydrogens (tertiary/aromatic N) is 1. The number of aromatic nitrogens is 1. The molecule has 7 heteroatoms. The van der Waals surface area contributed by atoms with Gasteiger partial charge in [-0.15, -0.1) is 0 Å². The molecule has 0 aliphatic heterocycles. The van der Waals surface area contributed by atoms with E-state index in [1.807, 2.05) is 60.7 Å². The lowest BCUT2D eigenvalue weighted by atomic mass is 9.98. The van der Waals surface area contributed by atoms with Crippen molar-refractivity contribution in [3.05, 3.63) is 95.7 Å². The highest BCUT2D eigenvalue weighted by atomic mass is 32.2. The van der Waals surface area contributed by atoms with Crippen LogP contribution in [0.5, 0.6) is 0 Å². The minimum atomic E-state index is -4.43. The number of carbonyl (C=O) groups excluding carboxylic acids is 1. The Kier molecular flexibility index (Phi) is 6.59. The molecule has 1 atom stereocenters. The van der Waals surface area contributed by atoms with Crippen LogP contribution >= 0.6 is 11.8 Å². The predicted octanol–water partition coefficient (Wildman–Crippen LogP) is 5.49. The maximum absolute atomic E-state index is 12.8. The summed E-state index contributed by atoms with van der Waals surface area (Å²) in [6.07, 6.45) is -3.65. The van der Waals surface area contributed by atoms with Crippen molar-refractivity contribution in [2.24, 2.45) is 0 Å². The average Bonchev–Trinajstić information content (AvgIpc) is 2.73. The molecule has 1 N–H and O–H groups in total. The second-order valence-electron chi connectivity index (χ2n) is 6.41. The highest BCUT2D eigenvalue weighted by molar-refractivity contribution is 8.00. The van der Waals surface area contributed by atoms with E-state index >= 15 is 0 Å². The minimum Gasteiger partial charge on any atom is -0.344 e. The van der Waals surface area contributed by atoms with Crippen molar-refractivity contribution in [1.82, 2.24) is 10.3 Å². The fraction of sp³-hybridized carbons (Fsp3) is 0.182. The summed E-state index contributed by atoms with van der Waals surface area (Å²) in [6, 6.07) is 21.1. The molecule has 1 heterocycles. The Bertz CT molecular complexity index is 892. The molecule has 0 aliphatic rings. The molecule has 0 saturated heterocycles. The molecule has 0 aliphatic carbocycles. The highest BCUT2D eigenvalue weighted by Crippen LogP contribution is 2.30. The number of thioether (sulfide) groups is 1. The van der Waals surface area contributed by atoms with E-state index in [9.17, 15) is 18.0 Å². The van der Waals surface area contributed by atoms with Crippen LogP contribution in [0.2, 0.25) is 0 Å². The monoisotopic (exact) mass is 416 g/mol. The van der Waals surface area contributed by atoms with E-state index in [4.69, 9.17) is 0 Å². The number of rotatable bonds is 6. The summed E-state index contributed by atoms with van der Waals surface area (Å²) in [6.45, 7) is 1.70. The number of hydrogen-bond donors (Lipinski definition) is 1. The molecule has 2 aromatic carbocycles. The zero-order valence-corrected chi connectivity index (χ0v) is 16.4. The summed E-state index contributed by atoms with van der Waals surface area (Å²) in [4.78, 5) is 16.6. The topological polar surface area (TPSA) is 42.0 Å². The van der Waals surface area contributed by atoms with Gasteiger partial charge in [0, 0.05) is 6.20 Å². The number of pyridine rings is 1. The summed E-state index contributed by atoms with van der Waals surface area (Å²) >= 11 is 1.11. The first-order valence-corrected chi connectivity index (χ1v) is 9.83. The number of hydrogen-bond acceptors (Lipinski definition) is 3. The molecule has 0 spiro atoms. The summed E-state index contributed by atoms with van der Waals surface area (Å²) in [7, 11) is 0. The number of carbonyl (C=O) groups is 1. The predicted molar refractivity (Wildman–Crippen MR) is 107 cm³/mol. The van der Waals surface area contributed by atoms with Gasteiger partial charge in [0.1, 0.15) is 0 Å². The standard InChI is InChI=1S/C22H19F3N2OS/c1-15(29-19-13-12-18(14-26-19)22(23,24)25)21(28)27-20(16-8-4-2-5-9-16)17-10-6-3-7-11-17/h2-15,20H,1H3,(H,27,28)/t15-/m0/s1. The molecule has 0 radical (unpaired) electrons. The third-order valence-electron chi connectivity index (χ3n) is 4.28. The Morgan fingerprint density at radius 2 is 1.48 bits per heavy atom. The van der Waals surface area contributed by atoms with E-state index in [0.717, 1.165) is 35.2 Å². The van der Waals surface area contributed by atoms with Gasteiger partial charge in [-0.05, 0) is 30.2 Å². The van der Waals surface area contributed by atoms with Crippen LogP contribution in [0.25, 0.3) is 0 Å². The third-order valence-corrected chi connectivity index (χ3v) is 5.33. The lowest BCUT2D eigenvalue weighted by molar-refractivity contribution is -0.137. The molecule has 0 saturated carbocycles. The normalized spacial score (nSPS) is 12.6. The molecule has 0 unspecified atom stereocenters. The van der Waals surface area contributed by atoms with Gasteiger partial charge in [-0.25, -0.2) is 4.98 Å². The average molecular weight is 416 g/mol. The van der Waals surface area contributed by atoms with Gasteiger partial charge < -0.3 is 5.32 Å². The summed E-state index contributed by atoms with van der Waals surface area (Å²) in [5.41, 5.74) is 1.07. The van der Waals surface area contributed by atoms with Gasteiger partial charge in [-0.1, -0.05) is 72.4 Å². The van der Waals surface area contributed by atoms with Gasteiger partial charge in [0.25, 0.3) is 0 Å². The molecule has 150 valence electrons. The SMILES string of the molecule is C[C@H](Sc1ccc(C(F)(F)F)cn1)C(=O)NC(c1ccccc1)c1ccccc1. The zero-order chi connectivity index (χ0) is 20.9. The second kappa shape index (κ2) is 9.13. The van der Waals surface area contributed by atoms with Crippen LogP contribution < -0.4 is 5.32 Å². The van der Waals surface area contributed by atoms with Crippen molar-refractivity contribution in [3.8, 4) is 0 Å². The second-order valence-corrected chi connectivity index (χ2v) is 7.77. The van der Waals surface area contributed by atoms with E-state index in [-0.39, 0.29) is 11.9 Å². The molecule has 0 bridgehead atoms. The van der Waals surface area contributed by atoms with Crippen molar-refractivity contribution in [1.29, 1.82) is 0 Å². The van der Waals surface area contributed by atoms with Crippen LogP contribution in [0.15, 0.2) is 84.0 Å². The van der Waals surface area contributed by atoms with Gasteiger partial charge >= 0.3 is 6.18 Å². The van der Waals surface area contributed by atoms with Crippen LogP contribution in [-0.2, 0) is 11.0 Å². The number of amides is 1. The molecule has 3 aromatic rings. The fourth-order valence-electron chi connectivity index (χ4n) is 2.76. The number of halogens is 3. The molecule has 0 fully saturated rings. The first-order chi connectivity index (χ1) is 13.8. The fourth-order valence-corrected chi connectivity index (χ4v) is 3.56. The van der Waals surface area contributed by atoms with Crippen molar-refractivity contribution in [2.45, 2.75) is 29.4 Å². The van der Waals surface area contributed by atoms with E-state index in [0.29, 0.717) is 5.03 Å². The van der Waals surface area contributed by atoms with Crippen molar-refractivity contribution in [3.63, 3.8) is 0 Å². The molecule has 1 amide bonds. The lowest BCUT2D eigenvalue weighted by Gasteiger charge is -2.22. The van der Waals surface area contributed by atoms with Crippen LogP contribution in [0, 0.1) is 0 Å². The van der Waals surface area contributed by atoms with Crippen LogP contribution in [-0.4, -0.2) is 16.1 Å². The molecular formula is C22H19F3N2OS. The van der Waals surface area contributed by atoms with Gasteiger partial charge in [0.2, 0.25) is 5.91 Å². The molecule has 1 aromatic heterocycles. The number of nitrogens with one attached hydrogen (secondary N) is 1. The van der Waals surface area contributed by atoms with Crippen molar-refractivity contribution >= 4 is 17.7 Å². The number of alkyl halides is 3. The quantitative estimate of drug-likeness (QED) is 0.541. The molecule has 29 heavy (non-hydrogen) atoms. The first kappa shape index (κ1) is 20.9. The maximum atomic E-state index is 12.8. The van der Waals surface area contributed by atoms with Crippen LogP contribution in [0.3, 0.4) is 0 Å². The smallest absolute Gasteiger partial charge is 0.344 e. The van der Waals surface area contributed by atoms with Gasteiger partial charge in [-0.2, -0.15) is 13.2 Å². The van der Waals surface area contributed by atoms with Crippen LogP contribution in [0.4, 0.5) is 13.2 Å². The summed E-state index contributed by atoms with van der Waals surface area (Å²) < 4.78 is 38.0. The first-order valence-electron chi connectivity index (χ1n) is 8.95. The largest absolute Gasteiger partial charge is 0.417 e. The molecule has 3 rings (SSSR count). The Labute approximate surface area is 171 Å². The van der Waals surface area contributed by atoms with Gasteiger partial charge in [-0.3, -0.25) is 4.79 Å². The molecule has 3 nitrogen and oxygen atoms in total.